The van der Waals surface area contributed by atoms with Gasteiger partial charge in [-0.2, -0.15) is 0 Å². The van der Waals surface area contributed by atoms with Crippen molar-refractivity contribution in [3.8, 4) is 17.6 Å². The summed E-state index contributed by atoms with van der Waals surface area (Å²) >= 11 is 0. The summed E-state index contributed by atoms with van der Waals surface area (Å²) in [6.45, 7) is 6.22. The number of methoxy groups -OCH3 is 1. The van der Waals surface area contributed by atoms with Gasteiger partial charge in [-0.25, -0.2) is 0 Å². The molecule has 0 atom stereocenters. The summed E-state index contributed by atoms with van der Waals surface area (Å²) in [6, 6.07) is 7.63. The molecular weight excluding hydrogens is 266 g/mol. The van der Waals surface area contributed by atoms with Gasteiger partial charge < -0.3 is 19.9 Å². The van der Waals surface area contributed by atoms with Gasteiger partial charge in [0.25, 0.3) is 0 Å². The molecule has 1 aromatic carbocycles. The molecule has 0 fully saturated rings. The van der Waals surface area contributed by atoms with E-state index in [4.69, 9.17) is 19.9 Å². The van der Waals surface area contributed by atoms with E-state index in [0.717, 1.165) is 17.7 Å². The van der Waals surface area contributed by atoms with Gasteiger partial charge in [0, 0.05) is 19.3 Å². The van der Waals surface area contributed by atoms with Crippen molar-refractivity contribution in [1.82, 2.24) is 0 Å². The molecule has 21 heavy (non-hydrogen) atoms. The predicted octanol–water partition coefficient (Wildman–Crippen LogP) is 2.21. The fourth-order valence-corrected chi connectivity index (χ4v) is 1.53. The van der Waals surface area contributed by atoms with Crippen LogP contribution in [0.1, 0.15) is 25.8 Å². The quantitative estimate of drug-likeness (QED) is 0.589. The van der Waals surface area contributed by atoms with Crippen molar-refractivity contribution in [3.05, 3.63) is 29.8 Å². The van der Waals surface area contributed by atoms with Crippen LogP contribution in [-0.4, -0.2) is 39.1 Å². The van der Waals surface area contributed by atoms with Gasteiger partial charge in [0.2, 0.25) is 0 Å². The molecule has 1 aromatic rings. The van der Waals surface area contributed by atoms with Crippen molar-refractivity contribution < 1.29 is 14.2 Å². The molecule has 0 bridgehead atoms. The van der Waals surface area contributed by atoms with Crippen LogP contribution in [0.25, 0.3) is 0 Å². The van der Waals surface area contributed by atoms with Crippen LogP contribution in [-0.2, 0) is 9.47 Å². The minimum atomic E-state index is -0.138. The van der Waals surface area contributed by atoms with Gasteiger partial charge in [-0.05, 0) is 44.5 Å². The predicted molar refractivity (Wildman–Crippen MR) is 84.4 cm³/mol. The summed E-state index contributed by atoms with van der Waals surface area (Å²) in [6.07, 6.45) is 0.859. The topological polar surface area (TPSA) is 53.7 Å². The van der Waals surface area contributed by atoms with Gasteiger partial charge >= 0.3 is 0 Å². The molecule has 0 aliphatic heterocycles. The highest BCUT2D eigenvalue weighted by molar-refractivity contribution is 5.38. The first-order chi connectivity index (χ1) is 10.1. The number of hydrogen-bond acceptors (Lipinski definition) is 4. The minimum Gasteiger partial charge on any atom is -0.491 e. The Morgan fingerprint density at radius 2 is 1.81 bits per heavy atom. The monoisotopic (exact) mass is 291 g/mol. The molecule has 0 aliphatic rings. The molecule has 4 heteroatoms. The first-order valence-corrected chi connectivity index (χ1v) is 7.12. The normalized spacial score (nSPS) is 10.9. The lowest BCUT2D eigenvalue weighted by Gasteiger charge is -2.22. The Labute approximate surface area is 127 Å². The van der Waals surface area contributed by atoms with Crippen molar-refractivity contribution in [2.24, 2.45) is 5.73 Å². The smallest absolute Gasteiger partial charge is 0.119 e. The zero-order valence-corrected chi connectivity index (χ0v) is 13.1. The van der Waals surface area contributed by atoms with E-state index in [9.17, 15) is 0 Å². The third kappa shape index (κ3) is 7.72. The third-order valence-electron chi connectivity index (χ3n) is 3.09. The van der Waals surface area contributed by atoms with Crippen LogP contribution < -0.4 is 10.5 Å². The summed E-state index contributed by atoms with van der Waals surface area (Å²) in [5, 5.41) is 0. The minimum absolute atomic E-state index is 0.138. The van der Waals surface area contributed by atoms with E-state index in [1.165, 1.54) is 0 Å². The molecule has 0 unspecified atom stereocenters. The Bertz CT molecular complexity index is 457. The molecule has 1 rings (SSSR count). The lowest BCUT2D eigenvalue weighted by Crippen LogP contribution is -2.24. The number of hydrogen-bond donors (Lipinski definition) is 1. The summed E-state index contributed by atoms with van der Waals surface area (Å²) in [7, 11) is 1.71. The van der Waals surface area contributed by atoms with E-state index < -0.39 is 0 Å². The van der Waals surface area contributed by atoms with Crippen LogP contribution in [0.3, 0.4) is 0 Å². The molecule has 0 saturated heterocycles. The van der Waals surface area contributed by atoms with Gasteiger partial charge in [-0.3, -0.25) is 0 Å². The highest BCUT2D eigenvalue weighted by Gasteiger charge is 2.15. The molecule has 0 saturated carbocycles. The van der Waals surface area contributed by atoms with Crippen LogP contribution >= 0.6 is 0 Å². The van der Waals surface area contributed by atoms with Crippen molar-refractivity contribution >= 4 is 0 Å². The Morgan fingerprint density at radius 3 is 2.43 bits per heavy atom. The van der Waals surface area contributed by atoms with Gasteiger partial charge in [0.1, 0.15) is 12.4 Å². The maximum Gasteiger partial charge on any atom is 0.119 e. The summed E-state index contributed by atoms with van der Waals surface area (Å²) in [5.41, 5.74) is 6.13. The first-order valence-electron chi connectivity index (χ1n) is 7.12. The number of rotatable bonds is 8. The van der Waals surface area contributed by atoms with Crippen LogP contribution in [0.4, 0.5) is 0 Å². The van der Waals surface area contributed by atoms with Crippen molar-refractivity contribution in [2.45, 2.75) is 25.9 Å². The van der Waals surface area contributed by atoms with Crippen LogP contribution in [0, 0.1) is 11.8 Å². The summed E-state index contributed by atoms with van der Waals surface area (Å²) in [4.78, 5) is 0. The summed E-state index contributed by atoms with van der Waals surface area (Å²) < 4.78 is 16.4. The van der Waals surface area contributed by atoms with Gasteiger partial charge in [0.05, 0.1) is 18.8 Å². The van der Waals surface area contributed by atoms with E-state index in [-0.39, 0.29) is 5.60 Å². The SMILES string of the molecule is COC(C)(C)CCOCCOc1ccc(C#CCN)cc1. The number of nitrogens with two attached hydrogens (primary N) is 1. The summed E-state index contributed by atoms with van der Waals surface area (Å²) in [5.74, 6) is 6.60. The maximum atomic E-state index is 5.59. The molecule has 0 radical (unpaired) electrons. The van der Waals surface area contributed by atoms with E-state index in [2.05, 4.69) is 11.8 Å². The molecular formula is C17H25NO3. The van der Waals surface area contributed by atoms with Gasteiger partial charge in [-0.1, -0.05) is 11.8 Å². The van der Waals surface area contributed by atoms with Crippen LogP contribution in [0.15, 0.2) is 24.3 Å². The van der Waals surface area contributed by atoms with E-state index >= 15 is 0 Å². The molecule has 2 N–H and O–H groups in total. The van der Waals surface area contributed by atoms with Gasteiger partial charge in [0.15, 0.2) is 0 Å². The lowest BCUT2D eigenvalue weighted by atomic mass is 10.1. The number of benzene rings is 1. The molecule has 0 aliphatic carbocycles. The first kappa shape index (κ1) is 17.5. The van der Waals surface area contributed by atoms with Crippen LogP contribution in [0.5, 0.6) is 5.75 Å². The highest BCUT2D eigenvalue weighted by Crippen LogP contribution is 2.13. The molecule has 0 spiro atoms. The van der Waals surface area contributed by atoms with Crippen molar-refractivity contribution in [2.75, 3.05) is 33.5 Å². The van der Waals surface area contributed by atoms with Gasteiger partial charge in [-0.15, -0.1) is 0 Å². The fraction of sp³-hybridized carbons (Fsp3) is 0.529. The fourth-order valence-electron chi connectivity index (χ4n) is 1.53. The largest absolute Gasteiger partial charge is 0.491 e. The second-order valence-corrected chi connectivity index (χ2v) is 5.20. The molecule has 116 valence electrons. The molecule has 0 amide bonds. The zero-order valence-electron chi connectivity index (χ0n) is 13.1. The Balaban J connectivity index is 2.18. The lowest BCUT2D eigenvalue weighted by molar-refractivity contribution is -0.0128. The second-order valence-electron chi connectivity index (χ2n) is 5.20. The van der Waals surface area contributed by atoms with Crippen molar-refractivity contribution in [3.63, 3.8) is 0 Å². The Hall–Kier alpha value is -1.54. The van der Waals surface area contributed by atoms with E-state index in [1.54, 1.807) is 7.11 Å². The molecule has 4 nitrogen and oxygen atoms in total. The average molecular weight is 291 g/mol. The third-order valence-corrected chi connectivity index (χ3v) is 3.09. The average Bonchev–Trinajstić information content (AvgIpc) is 2.50. The van der Waals surface area contributed by atoms with E-state index in [0.29, 0.717) is 26.4 Å². The Morgan fingerprint density at radius 1 is 1.10 bits per heavy atom. The highest BCUT2D eigenvalue weighted by atomic mass is 16.5. The maximum absolute atomic E-state index is 5.59. The second kappa shape index (κ2) is 9.41. The van der Waals surface area contributed by atoms with Crippen molar-refractivity contribution in [1.29, 1.82) is 0 Å². The number of ether oxygens (including phenoxy) is 3. The van der Waals surface area contributed by atoms with Crippen LogP contribution in [0.2, 0.25) is 0 Å². The zero-order chi connectivity index (χ0) is 15.6. The molecule has 0 heterocycles. The molecule has 0 aromatic heterocycles. The van der Waals surface area contributed by atoms with E-state index in [1.807, 2.05) is 38.1 Å². The standard InChI is InChI=1S/C17H25NO3/c1-17(2,19-3)10-12-20-13-14-21-16-8-6-15(7-9-16)5-4-11-18/h6-9H,10-14,18H2,1-3H3. The Kier molecular flexibility index (Phi) is 7.84.